The van der Waals surface area contributed by atoms with Gasteiger partial charge in [-0.15, -0.1) is 0 Å². The van der Waals surface area contributed by atoms with Crippen molar-refractivity contribution in [3.63, 3.8) is 0 Å². The van der Waals surface area contributed by atoms with E-state index in [1.54, 1.807) is 13.4 Å². The molecule has 1 aromatic heterocycles. The lowest BCUT2D eigenvalue weighted by Gasteiger charge is -2.39. The molecule has 3 aromatic rings. The van der Waals surface area contributed by atoms with Gasteiger partial charge in [0.25, 0.3) is 0 Å². The van der Waals surface area contributed by atoms with Crippen molar-refractivity contribution in [1.82, 2.24) is 9.97 Å². The van der Waals surface area contributed by atoms with Crippen LogP contribution in [0.2, 0.25) is 0 Å². The highest BCUT2D eigenvalue weighted by atomic mass is 16.5. The highest BCUT2D eigenvalue weighted by Gasteiger charge is 2.37. The Balaban J connectivity index is 1.51. The Bertz CT molecular complexity index is 1200. The number of aromatic nitrogens is 2. The van der Waals surface area contributed by atoms with E-state index in [4.69, 9.17) is 9.72 Å². The largest absolute Gasteiger partial charge is 0.497 e. The molecular weight excluding hydrogens is 372 g/mol. The molecule has 30 heavy (non-hydrogen) atoms. The van der Waals surface area contributed by atoms with Gasteiger partial charge in [-0.3, -0.25) is 4.99 Å². The van der Waals surface area contributed by atoms with Crippen LogP contribution in [0.3, 0.4) is 0 Å². The molecule has 1 atom stereocenters. The van der Waals surface area contributed by atoms with Crippen LogP contribution in [0.25, 0.3) is 5.57 Å². The van der Waals surface area contributed by atoms with Gasteiger partial charge in [-0.1, -0.05) is 36.4 Å². The van der Waals surface area contributed by atoms with Crippen LogP contribution in [0.4, 0.5) is 5.82 Å². The summed E-state index contributed by atoms with van der Waals surface area (Å²) in [6.07, 6.45) is 5.62. The molecule has 0 radical (unpaired) electrons. The van der Waals surface area contributed by atoms with Gasteiger partial charge in [0.2, 0.25) is 0 Å². The molecule has 0 saturated heterocycles. The lowest BCUT2D eigenvalue weighted by Crippen LogP contribution is -2.36. The van der Waals surface area contributed by atoms with E-state index in [1.807, 2.05) is 6.21 Å². The van der Waals surface area contributed by atoms with Crippen LogP contribution in [-0.4, -0.2) is 29.8 Å². The zero-order chi connectivity index (χ0) is 20.1. The molecule has 2 aromatic carbocycles. The third-order valence-electron chi connectivity index (χ3n) is 6.47. The van der Waals surface area contributed by atoms with E-state index in [2.05, 4.69) is 63.4 Å². The number of methoxy groups -OCH3 is 1. The summed E-state index contributed by atoms with van der Waals surface area (Å²) < 4.78 is 5.40. The predicted molar refractivity (Wildman–Crippen MR) is 118 cm³/mol. The van der Waals surface area contributed by atoms with Crippen LogP contribution in [0, 0.1) is 0 Å². The van der Waals surface area contributed by atoms with E-state index < -0.39 is 0 Å². The lowest BCUT2D eigenvalue weighted by atomic mass is 9.88. The minimum atomic E-state index is 0.139. The molecule has 0 spiro atoms. The molecule has 5 nitrogen and oxygen atoms in total. The molecule has 1 unspecified atom stereocenters. The van der Waals surface area contributed by atoms with Crippen LogP contribution in [0.1, 0.15) is 40.4 Å². The summed E-state index contributed by atoms with van der Waals surface area (Å²) in [7, 11) is 1.71. The maximum atomic E-state index is 5.40. The first kappa shape index (κ1) is 17.4. The number of anilines is 1. The number of rotatable bonds is 3. The van der Waals surface area contributed by atoms with E-state index in [0.29, 0.717) is 6.54 Å². The Morgan fingerprint density at radius 3 is 2.77 bits per heavy atom. The topological polar surface area (TPSA) is 50.6 Å². The normalized spacial score (nSPS) is 19.0. The number of ether oxygens (including phenoxy) is 1. The van der Waals surface area contributed by atoms with Crippen molar-refractivity contribution in [1.29, 1.82) is 0 Å². The van der Waals surface area contributed by atoms with Crippen molar-refractivity contribution in [3.05, 3.63) is 88.4 Å². The fourth-order valence-corrected chi connectivity index (χ4v) is 5.09. The summed E-state index contributed by atoms with van der Waals surface area (Å²) in [5.41, 5.74) is 9.17. The summed E-state index contributed by atoms with van der Waals surface area (Å²) in [5, 5.41) is 0. The van der Waals surface area contributed by atoms with Crippen molar-refractivity contribution in [2.24, 2.45) is 4.99 Å². The van der Waals surface area contributed by atoms with Crippen LogP contribution in [0.5, 0.6) is 5.75 Å². The van der Waals surface area contributed by atoms with E-state index in [-0.39, 0.29) is 6.04 Å². The van der Waals surface area contributed by atoms with Gasteiger partial charge in [0.05, 0.1) is 31.0 Å². The van der Waals surface area contributed by atoms with Gasteiger partial charge in [0.1, 0.15) is 17.9 Å². The second-order valence-corrected chi connectivity index (χ2v) is 7.98. The maximum Gasteiger partial charge on any atom is 0.141 e. The Morgan fingerprint density at radius 1 is 1.03 bits per heavy atom. The van der Waals surface area contributed by atoms with Crippen molar-refractivity contribution >= 4 is 17.6 Å². The van der Waals surface area contributed by atoms with Gasteiger partial charge >= 0.3 is 0 Å². The average Bonchev–Trinajstić information content (AvgIpc) is 3.43. The molecule has 0 bridgehead atoms. The Labute approximate surface area is 175 Å². The van der Waals surface area contributed by atoms with Crippen LogP contribution in [-0.2, 0) is 13.0 Å². The first-order valence-electron chi connectivity index (χ1n) is 10.4. The van der Waals surface area contributed by atoms with Crippen LogP contribution in [0.15, 0.2) is 65.4 Å². The summed E-state index contributed by atoms with van der Waals surface area (Å²) in [5.74, 6) is 1.87. The molecule has 5 heteroatoms. The standard InChI is InChI=1S/C25H22N4O/c1-30-18-8-6-16(7-9-18)24-21-12-17-4-2-3-5-19(17)20(21)10-11-29(24)25-22-13-26-14-23(22)27-15-28-25/h2-9,13,15,24H,10-12,14H2,1H3. The molecule has 0 N–H and O–H groups in total. The smallest absolute Gasteiger partial charge is 0.141 e. The van der Waals surface area contributed by atoms with E-state index >= 15 is 0 Å². The zero-order valence-corrected chi connectivity index (χ0v) is 16.9. The van der Waals surface area contributed by atoms with Gasteiger partial charge in [-0.25, -0.2) is 9.97 Å². The minimum Gasteiger partial charge on any atom is -0.497 e. The van der Waals surface area contributed by atoms with Crippen LogP contribution >= 0.6 is 0 Å². The lowest BCUT2D eigenvalue weighted by molar-refractivity contribution is 0.414. The van der Waals surface area contributed by atoms with Gasteiger partial charge in [0.15, 0.2) is 0 Å². The third-order valence-corrected chi connectivity index (χ3v) is 6.47. The number of aliphatic imine (C=N–C) groups is 1. The molecule has 148 valence electrons. The highest BCUT2D eigenvalue weighted by Crippen LogP contribution is 2.48. The number of nitrogens with zero attached hydrogens (tertiary/aromatic N) is 4. The monoisotopic (exact) mass is 394 g/mol. The molecule has 2 aliphatic heterocycles. The van der Waals surface area contributed by atoms with Crippen molar-refractivity contribution in [3.8, 4) is 5.75 Å². The molecule has 0 saturated carbocycles. The van der Waals surface area contributed by atoms with Gasteiger partial charge in [-0.2, -0.15) is 0 Å². The highest BCUT2D eigenvalue weighted by molar-refractivity contribution is 5.91. The summed E-state index contributed by atoms with van der Waals surface area (Å²) in [6.45, 7) is 1.56. The molecule has 3 aliphatic rings. The van der Waals surface area contributed by atoms with Crippen molar-refractivity contribution in [2.75, 3.05) is 18.6 Å². The Kier molecular flexibility index (Phi) is 3.94. The number of fused-ring (bicyclic) bond motifs is 3. The summed E-state index contributed by atoms with van der Waals surface area (Å²) >= 11 is 0. The quantitative estimate of drug-likeness (QED) is 0.662. The first-order chi connectivity index (χ1) is 14.8. The average molecular weight is 394 g/mol. The fourth-order valence-electron chi connectivity index (χ4n) is 5.09. The van der Waals surface area contributed by atoms with Crippen LogP contribution < -0.4 is 9.64 Å². The minimum absolute atomic E-state index is 0.139. The fraction of sp³-hybridized carbons (Fsp3) is 0.240. The van der Waals surface area contributed by atoms with E-state index in [0.717, 1.165) is 42.2 Å². The van der Waals surface area contributed by atoms with Crippen molar-refractivity contribution in [2.45, 2.75) is 25.4 Å². The first-order valence-corrected chi connectivity index (χ1v) is 10.4. The maximum absolute atomic E-state index is 5.40. The molecule has 1 aliphatic carbocycles. The van der Waals surface area contributed by atoms with Gasteiger partial charge in [-0.05, 0) is 52.8 Å². The summed E-state index contributed by atoms with van der Waals surface area (Å²) in [4.78, 5) is 16.1. The molecular formula is C25H22N4O. The number of hydrogen-bond donors (Lipinski definition) is 0. The zero-order valence-electron chi connectivity index (χ0n) is 16.9. The predicted octanol–water partition coefficient (Wildman–Crippen LogP) is 4.38. The van der Waals surface area contributed by atoms with Crippen molar-refractivity contribution < 1.29 is 4.74 Å². The molecule has 0 fully saturated rings. The molecule has 6 rings (SSSR count). The number of benzene rings is 2. The van der Waals surface area contributed by atoms with Gasteiger partial charge in [0, 0.05) is 12.8 Å². The summed E-state index contributed by atoms with van der Waals surface area (Å²) in [6, 6.07) is 17.4. The second-order valence-electron chi connectivity index (χ2n) is 7.98. The SMILES string of the molecule is COc1ccc(C2C3=C(CCN2c2ncnc4c2C=NC4)c2ccccc2C3)cc1. The molecule has 0 amide bonds. The van der Waals surface area contributed by atoms with E-state index in [1.165, 1.54) is 27.8 Å². The Morgan fingerprint density at radius 2 is 1.90 bits per heavy atom. The number of hydrogen-bond acceptors (Lipinski definition) is 5. The second kappa shape index (κ2) is 6.80. The Hall–Kier alpha value is -3.47. The van der Waals surface area contributed by atoms with E-state index in [9.17, 15) is 0 Å². The third kappa shape index (κ3) is 2.58. The van der Waals surface area contributed by atoms with Gasteiger partial charge < -0.3 is 9.64 Å². The molecule has 3 heterocycles.